The molecule has 0 bridgehead atoms. The summed E-state index contributed by atoms with van der Waals surface area (Å²) < 4.78 is 5.19. The second kappa shape index (κ2) is 6.84. The third-order valence-electron chi connectivity index (χ3n) is 4.18. The lowest BCUT2D eigenvalue weighted by Crippen LogP contribution is -2.23. The fourth-order valence-electron chi connectivity index (χ4n) is 2.59. The Balaban J connectivity index is 1.44. The molecule has 0 spiro atoms. The van der Waals surface area contributed by atoms with E-state index in [-0.39, 0.29) is 18.2 Å². The molecule has 1 amide bonds. The van der Waals surface area contributed by atoms with Crippen molar-refractivity contribution in [2.24, 2.45) is 0 Å². The van der Waals surface area contributed by atoms with Crippen LogP contribution >= 0.6 is 11.3 Å². The van der Waals surface area contributed by atoms with Gasteiger partial charge in [-0.2, -0.15) is 4.98 Å². The van der Waals surface area contributed by atoms with E-state index in [2.05, 4.69) is 15.5 Å². The SMILES string of the molecule is CC(=O)c1ccc(-c2cccc(C(=O)NCc3noc(C4CC4)n3)c2)s1. The van der Waals surface area contributed by atoms with Gasteiger partial charge in [0.05, 0.1) is 11.4 Å². The Morgan fingerprint density at radius 2 is 2.12 bits per heavy atom. The number of aromatic nitrogens is 2. The van der Waals surface area contributed by atoms with Gasteiger partial charge in [-0.15, -0.1) is 11.3 Å². The lowest BCUT2D eigenvalue weighted by atomic mass is 10.1. The number of Topliss-reactive ketones (excluding diaryl/α,β-unsaturated/α-hetero) is 1. The average Bonchev–Trinajstić information content (AvgIpc) is 3.19. The average molecular weight is 367 g/mol. The number of ketones is 1. The van der Waals surface area contributed by atoms with Crippen molar-refractivity contribution in [1.82, 2.24) is 15.5 Å². The summed E-state index contributed by atoms with van der Waals surface area (Å²) in [6, 6.07) is 11.0. The zero-order valence-corrected chi connectivity index (χ0v) is 15.0. The van der Waals surface area contributed by atoms with Crippen molar-refractivity contribution in [3.63, 3.8) is 0 Å². The van der Waals surface area contributed by atoms with Gasteiger partial charge in [-0.25, -0.2) is 0 Å². The van der Waals surface area contributed by atoms with Crippen LogP contribution in [0.1, 0.15) is 57.4 Å². The fraction of sp³-hybridized carbons (Fsp3) is 0.263. The van der Waals surface area contributed by atoms with Gasteiger partial charge in [-0.1, -0.05) is 17.3 Å². The molecule has 4 rings (SSSR count). The quantitative estimate of drug-likeness (QED) is 0.670. The zero-order valence-electron chi connectivity index (χ0n) is 14.2. The standard InChI is InChI=1S/C19H17N3O3S/c1-11(23)15-7-8-16(26-15)13-3-2-4-14(9-13)18(24)20-10-17-21-19(25-22-17)12-5-6-12/h2-4,7-9,12H,5-6,10H2,1H3,(H,20,24). The first-order valence-electron chi connectivity index (χ1n) is 8.42. The predicted octanol–water partition coefficient (Wildman–Crippen LogP) is 3.81. The van der Waals surface area contributed by atoms with Gasteiger partial charge < -0.3 is 9.84 Å². The minimum absolute atomic E-state index is 0.0424. The van der Waals surface area contributed by atoms with E-state index in [0.717, 1.165) is 23.3 Å². The number of amides is 1. The van der Waals surface area contributed by atoms with Crippen LogP contribution in [0.2, 0.25) is 0 Å². The zero-order chi connectivity index (χ0) is 18.1. The first kappa shape index (κ1) is 16.7. The van der Waals surface area contributed by atoms with E-state index in [1.807, 2.05) is 30.3 Å². The van der Waals surface area contributed by atoms with Crippen molar-refractivity contribution in [3.05, 3.63) is 58.6 Å². The molecule has 7 heteroatoms. The van der Waals surface area contributed by atoms with E-state index in [1.54, 1.807) is 13.0 Å². The smallest absolute Gasteiger partial charge is 0.251 e. The van der Waals surface area contributed by atoms with E-state index >= 15 is 0 Å². The highest BCUT2D eigenvalue weighted by Crippen LogP contribution is 2.38. The van der Waals surface area contributed by atoms with Gasteiger partial charge in [-0.3, -0.25) is 9.59 Å². The summed E-state index contributed by atoms with van der Waals surface area (Å²) >= 11 is 1.42. The molecule has 0 unspecified atom stereocenters. The number of nitrogens with one attached hydrogen (secondary N) is 1. The van der Waals surface area contributed by atoms with Gasteiger partial charge in [0, 0.05) is 16.4 Å². The molecule has 1 fully saturated rings. The van der Waals surface area contributed by atoms with Crippen LogP contribution < -0.4 is 5.32 Å². The molecule has 1 N–H and O–H groups in total. The number of thiophene rings is 1. The van der Waals surface area contributed by atoms with Crippen LogP contribution in [-0.2, 0) is 6.54 Å². The molecule has 0 aliphatic heterocycles. The topological polar surface area (TPSA) is 85.1 Å². The number of rotatable bonds is 6. The van der Waals surface area contributed by atoms with Crippen LogP contribution in [0.25, 0.3) is 10.4 Å². The molecule has 0 atom stereocenters. The first-order chi connectivity index (χ1) is 12.6. The van der Waals surface area contributed by atoms with E-state index in [1.165, 1.54) is 11.3 Å². The van der Waals surface area contributed by atoms with Crippen molar-refractivity contribution < 1.29 is 14.1 Å². The van der Waals surface area contributed by atoms with Gasteiger partial charge in [-0.05, 0) is 49.6 Å². The van der Waals surface area contributed by atoms with Crippen molar-refractivity contribution in [2.45, 2.75) is 32.2 Å². The van der Waals surface area contributed by atoms with Gasteiger partial charge in [0.1, 0.15) is 0 Å². The largest absolute Gasteiger partial charge is 0.345 e. The Morgan fingerprint density at radius 3 is 2.85 bits per heavy atom. The summed E-state index contributed by atoms with van der Waals surface area (Å²) in [4.78, 5) is 29.8. The van der Waals surface area contributed by atoms with Crippen LogP contribution in [-0.4, -0.2) is 21.8 Å². The molecule has 2 aromatic heterocycles. The number of carbonyl (C=O) groups excluding carboxylic acids is 2. The molecule has 3 aromatic rings. The molecular formula is C19H17N3O3S. The number of carbonyl (C=O) groups is 2. The summed E-state index contributed by atoms with van der Waals surface area (Å²) in [6.07, 6.45) is 2.18. The van der Waals surface area contributed by atoms with E-state index in [0.29, 0.717) is 28.1 Å². The lowest BCUT2D eigenvalue weighted by molar-refractivity contribution is 0.0948. The Kier molecular flexibility index (Phi) is 4.38. The maximum Gasteiger partial charge on any atom is 0.251 e. The lowest BCUT2D eigenvalue weighted by Gasteiger charge is -2.04. The Hall–Kier alpha value is -2.80. The number of hydrogen-bond acceptors (Lipinski definition) is 6. The second-order valence-corrected chi connectivity index (χ2v) is 7.39. The minimum atomic E-state index is -0.201. The summed E-state index contributed by atoms with van der Waals surface area (Å²) in [5.74, 6) is 1.39. The van der Waals surface area contributed by atoms with Crippen LogP contribution in [0.5, 0.6) is 0 Å². The van der Waals surface area contributed by atoms with Crippen LogP contribution in [0.3, 0.4) is 0 Å². The Labute approximate surface area is 154 Å². The molecule has 6 nitrogen and oxygen atoms in total. The maximum atomic E-state index is 12.4. The third-order valence-corrected chi connectivity index (χ3v) is 5.41. The molecule has 132 valence electrons. The molecule has 1 saturated carbocycles. The van der Waals surface area contributed by atoms with Gasteiger partial charge in [0.25, 0.3) is 5.91 Å². The summed E-state index contributed by atoms with van der Waals surface area (Å²) in [5.41, 5.74) is 1.46. The molecule has 26 heavy (non-hydrogen) atoms. The molecule has 1 aliphatic carbocycles. The highest BCUT2D eigenvalue weighted by Gasteiger charge is 2.29. The maximum absolute atomic E-state index is 12.4. The molecule has 0 radical (unpaired) electrons. The highest BCUT2D eigenvalue weighted by atomic mass is 32.1. The van der Waals surface area contributed by atoms with Crippen molar-refractivity contribution in [1.29, 1.82) is 0 Å². The van der Waals surface area contributed by atoms with Gasteiger partial charge in [0.15, 0.2) is 11.6 Å². The highest BCUT2D eigenvalue weighted by molar-refractivity contribution is 7.17. The number of nitrogens with zero attached hydrogens (tertiary/aromatic N) is 2. The predicted molar refractivity (Wildman–Crippen MR) is 97.2 cm³/mol. The third kappa shape index (κ3) is 3.57. The summed E-state index contributed by atoms with van der Waals surface area (Å²) in [7, 11) is 0. The van der Waals surface area contributed by atoms with Crippen LogP contribution in [0.4, 0.5) is 0 Å². The fourth-order valence-corrected chi connectivity index (χ4v) is 3.49. The summed E-state index contributed by atoms with van der Waals surface area (Å²) in [5, 5.41) is 6.71. The first-order valence-corrected chi connectivity index (χ1v) is 9.23. The Morgan fingerprint density at radius 1 is 1.27 bits per heavy atom. The van der Waals surface area contributed by atoms with E-state index in [4.69, 9.17) is 4.52 Å². The van der Waals surface area contributed by atoms with E-state index in [9.17, 15) is 9.59 Å². The normalized spacial score (nSPS) is 13.6. The molecule has 2 heterocycles. The molecule has 1 aromatic carbocycles. The van der Waals surface area contributed by atoms with Crippen molar-refractivity contribution in [2.75, 3.05) is 0 Å². The Bertz CT molecular complexity index is 972. The summed E-state index contributed by atoms with van der Waals surface area (Å²) in [6.45, 7) is 1.78. The van der Waals surface area contributed by atoms with Crippen molar-refractivity contribution in [3.8, 4) is 10.4 Å². The number of benzene rings is 1. The molecule has 1 aliphatic rings. The van der Waals surface area contributed by atoms with E-state index < -0.39 is 0 Å². The van der Waals surface area contributed by atoms with Crippen molar-refractivity contribution >= 4 is 23.0 Å². The number of hydrogen-bond donors (Lipinski definition) is 1. The minimum Gasteiger partial charge on any atom is -0.345 e. The second-order valence-electron chi connectivity index (χ2n) is 6.31. The van der Waals surface area contributed by atoms with Gasteiger partial charge >= 0.3 is 0 Å². The van der Waals surface area contributed by atoms with Crippen LogP contribution in [0.15, 0.2) is 40.9 Å². The van der Waals surface area contributed by atoms with Crippen LogP contribution in [0, 0.1) is 0 Å². The monoisotopic (exact) mass is 367 g/mol. The molecule has 0 saturated heterocycles. The van der Waals surface area contributed by atoms with Gasteiger partial charge in [0.2, 0.25) is 5.89 Å². The molecular weight excluding hydrogens is 350 g/mol.